The summed E-state index contributed by atoms with van der Waals surface area (Å²) in [7, 11) is 0. The second-order valence-electron chi connectivity index (χ2n) is 6.86. The molecule has 0 saturated heterocycles. The topological polar surface area (TPSA) is 143 Å². The molecule has 156 valence electrons. The molecule has 0 N–H and O–H groups in total. The van der Waals surface area contributed by atoms with Crippen LogP contribution >= 0.6 is 0 Å². The Bertz CT molecular complexity index is 1270. The highest BCUT2D eigenvalue weighted by Crippen LogP contribution is 2.25. The number of hydrogen-bond acceptors (Lipinski definition) is 8. The maximum Gasteiger partial charge on any atom is 0.312 e. The third kappa shape index (κ3) is 3.88. The summed E-state index contributed by atoms with van der Waals surface area (Å²) >= 11 is 0. The lowest BCUT2D eigenvalue weighted by Gasteiger charge is -2.04. The Labute approximate surface area is 175 Å². The predicted molar refractivity (Wildman–Crippen MR) is 109 cm³/mol. The fourth-order valence-corrected chi connectivity index (χ4v) is 3.22. The molecule has 0 fully saturated rings. The van der Waals surface area contributed by atoms with Crippen molar-refractivity contribution in [3.8, 4) is 22.8 Å². The largest absolute Gasteiger partial charge is 0.334 e. The van der Waals surface area contributed by atoms with E-state index in [1.54, 1.807) is 30.7 Å². The van der Waals surface area contributed by atoms with E-state index in [2.05, 4.69) is 15.2 Å². The molecule has 11 heteroatoms. The fraction of sp³-hybridized carbons (Fsp3) is 0.150. The van der Waals surface area contributed by atoms with E-state index in [9.17, 15) is 20.2 Å². The molecule has 4 rings (SSSR count). The summed E-state index contributed by atoms with van der Waals surface area (Å²) in [6.07, 6.45) is 0. The maximum absolute atomic E-state index is 11.2. The number of nitrogens with zero attached hydrogens (tertiary/aromatic N) is 6. The summed E-state index contributed by atoms with van der Waals surface area (Å²) in [6, 6.07) is 13.2. The van der Waals surface area contributed by atoms with Crippen molar-refractivity contribution in [3.63, 3.8) is 0 Å². The van der Waals surface area contributed by atoms with Crippen molar-refractivity contribution in [1.29, 1.82) is 0 Å². The number of nitro benzene ring substituents is 1. The van der Waals surface area contributed by atoms with Gasteiger partial charge in [-0.3, -0.25) is 24.9 Å². The Kier molecular flexibility index (Phi) is 4.99. The molecule has 0 atom stereocenters. The zero-order valence-corrected chi connectivity index (χ0v) is 16.6. The molecular formula is C20H16N6O5. The summed E-state index contributed by atoms with van der Waals surface area (Å²) in [5.74, 6) is 0.630. The molecule has 0 aliphatic rings. The smallest absolute Gasteiger partial charge is 0.312 e. The lowest BCUT2D eigenvalue weighted by molar-refractivity contribution is -0.386. The van der Waals surface area contributed by atoms with Crippen LogP contribution < -0.4 is 0 Å². The van der Waals surface area contributed by atoms with Gasteiger partial charge in [-0.15, -0.1) is 0 Å². The molecule has 0 spiro atoms. The van der Waals surface area contributed by atoms with Crippen LogP contribution in [0.25, 0.3) is 22.8 Å². The van der Waals surface area contributed by atoms with Crippen LogP contribution in [0.1, 0.15) is 17.0 Å². The zero-order valence-electron chi connectivity index (χ0n) is 16.6. The highest BCUT2D eigenvalue weighted by Gasteiger charge is 2.21. The third-order valence-electron chi connectivity index (χ3n) is 4.82. The number of hydrogen-bond donors (Lipinski definition) is 0. The Balaban J connectivity index is 1.52. The average molecular weight is 420 g/mol. The van der Waals surface area contributed by atoms with Crippen LogP contribution in [-0.4, -0.2) is 29.8 Å². The van der Waals surface area contributed by atoms with Crippen molar-refractivity contribution in [2.75, 3.05) is 0 Å². The standard InChI is InChI=1S/C20H16N6O5/c1-12-18(26(29)30)13(2)24(22-12)11-14-3-5-16(6-4-14)20-21-19(23-31-20)15-7-9-17(10-8-15)25(27)28/h3-10H,11H2,1-2H3. The molecule has 0 unspecified atom stereocenters. The lowest BCUT2D eigenvalue weighted by Crippen LogP contribution is -2.04. The highest BCUT2D eigenvalue weighted by molar-refractivity contribution is 5.61. The van der Waals surface area contributed by atoms with Gasteiger partial charge in [0.15, 0.2) is 0 Å². The summed E-state index contributed by atoms with van der Waals surface area (Å²) in [4.78, 5) is 25.4. The first-order chi connectivity index (χ1) is 14.8. The zero-order chi connectivity index (χ0) is 22.1. The van der Waals surface area contributed by atoms with Gasteiger partial charge in [0, 0.05) is 23.3 Å². The molecule has 0 aliphatic heterocycles. The van der Waals surface area contributed by atoms with Crippen molar-refractivity contribution >= 4 is 11.4 Å². The lowest BCUT2D eigenvalue weighted by atomic mass is 10.1. The van der Waals surface area contributed by atoms with E-state index >= 15 is 0 Å². The monoisotopic (exact) mass is 420 g/mol. The van der Waals surface area contributed by atoms with Gasteiger partial charge < -0.3 is 4.52 Å². The fourth-order valence-electron chi connectivity index (χ4n) is 3.22. The van der Waals surface area contributed by atoms with Crippen molar-refractivity contribution in [3.05, 3.63) is 85.7 Å². The van der Waals surface area contributed by atoms with Crippen LogP contribution in [0.5, 0.6) is 0 Å². The van der Waals surface area contributed by atoms with Gasteiger partial charge >= 0.3 is 5.69 Å². The molecule has 2 aromatic carbocycles. The number of aromatic nitrogens is 4. The van der Waals surface area contributed by atoms with Crippen molar-refractivity contribution in [1.82, 2.24) is 19.9 Å². The van der Waals surface area contributed by atoms with Gasteiger partial charge in [-0.05, 0) is 43.7 Å². The molecule has 0 aliphatic carbocycles. The van der Waals surface area contributed by atoms with Crippen LogP contribution in [0.2, 0.25) is 0 Å². The van der Waals surface area contributed by atoms with E-state index < -0.39 is 9.85 Å². The van der Waals surface area contributed by atoms with Crippen LogP contribution in [0.3, 0.4) is 0 Å². The number of nitro groups is 2. The minimum absolute atomic E-state index is 0.0176. The Hall–Kier alpha value is -4.41. The molecule has 0 amide bonds. The molecule has 31 heavy (non-hydrogen) atoms. The van der Waals surface area contributed by atoms with E-state index in [4.69, 9.17) is 4.52 Å². The Morgan fingerprint density at radius 3 is 2.16 bits per heavy atom. The van der Waals surface area contributed by atoms with Gasteiger partial charge in [-0.25, -0.2) is 0 Å². The average Bonchev–Trinajstić information content (AvgIpc) is 3.33. The first kappa shape index (κ1) is 19.9. The van der Waals surface area contributed by atoms with Crippen LogP contribution in [0, 0.1) is 34.1 Å². The van der Waals surface area contributed by atoms with E-state index in [1.807, 2.05) is 24.3 Å². The second kappa shape index (κ2) is 7.78. The summed E-state index contributed by atoms with van der Waals surface area (Å²) < 4.78 is 6.92. The summed E-state index contributed by atoms with van der Waals surface area (Å²) in [5.41, 5.74) is 3.09. The van der Waals surface area contributed by atoms with Gasteiger partial charge in [0.05, 0.1) is 16.4 Å². The Morgan fingerprint density at radius 2 is 1.58 bits per heavy atom. The molecule has 2 heterocycles. The van der Waals surface area contributed by atoms with Gasteiger partial charge in [0.1, 0.15) is 11.4 Å². The quantitative estimate of drug-likeness (QED) is 0.335. The molecule has 4 aromatic rings. The van der Waals surface area contributed by atoms with Crippen LogP contribution in [0.4, 0.5) is 11.4 Å². The maximum atomic E-state index is 11.2. The molecular weight excluding hydrogens is 404 g/mol. The molecule has 0 radical (unpaired) electrons. The number of aryl methyl sites for hydroxylation is 1. The number of rotatable bonds is 6. The minimum atomic E-state index is -0.475. The molecule has 0 bridgehead atoms. The predicted octanol–water partition coefficient (Wildman–Crippen LogP) is 4.08. The minimum Gasteiger partial charge on any atom is -0.334 e. The van der Waals surface area contributed by atoms with Gasteiger partial charge in [-0.1, -0.05) is 17.3 Å². The van der Waals surface area contributed by atoms with E-state index in [0.29, 0.717) is 40.8 Å². The second-order valence-corrected chi connectivity index (χ2v) is 6.86. The van der Waals surface area contributed by atoms with E-state index in [1.165, 1.54) is 12.1 Å². The molecule has 11 nitrogen and oxygen atoms in total. The Morgan fingerprint density at radius 1 is 0.935 bits per heavy atom. The van der Waals surface area contributed by atoms with Crippen molar-refractivity contribution in [2.45, 2.75) is 20.4 Å². The van der Waals surface area contributed by atoms with E-state index in [-0.39, 0.29) is 11.4 Å². The highest BCUT2D eigenvalue weighted by atomic mass is 16.6. The first-order valence-electron chi connectivity index (χ1n) is 9.19. The third-order valence-corrected chi connectivity index (χ3v) is 4.82. The van der Waals surface area contributed by atoms with E-state index in [0.717, 1.165) is 5.56 Å². The number of non-ortho nitro benzene ring substituents is 1. The summed E-state index contributed by atoms with van der Waals surface area (Å²) in [6.45, 7) is 3.67. The van der Waals surface area contributed by atoms with Crippen molar-refractivity contribution in [2.24, 2.45) is 0 Å². The normalized spacial score (nSPS) is 10.9. The van der Waals surface area contributed by atoms with Crippen LogP contribution in [0.15, 0.2) is 53.1 Å². The molecule has 2 aromatic heterocycles. The molecule has 0 saturated carbocycles. The first-order valence-corrected chi connectivity index (χ1v) is 9.19. The number of benzene rings is 2. The van der Waals surface area contributed by atoms with Gasteiger partial charge in [0.25, 0.3) is 11.6 Å². The SMILES string of the molecule is Cc1nn(Cc2ccc(-c3nc(-c4ccc([N+](=O)[O-])cc4)no3)cc2)c(C)c1[N+](=O)[O-]. The van der Waals surface area contributed by atoms with Crippen LogP contribution in [-0.2, 0) is 6.54 Å². The van der Waals surface area contributed by atoms with Gasteiger partial charge in [-0.2, -0.15) is 10.1 Å². The summed E-state index contributed by atoms with van der Waals surface area (Å²) in [5, 5.41) is 30.1. The van der Waals surface area contributed by atoms with Gasteiger partial charge in [0.2, 0.25) is 5.82 Å². The van der Waals surface area contributed by atoms with Crippen molar-refractivity contribution < 1.29 is 14.4 Å².